The van der Waals surface area contributed by atoms with E-state index in [4.69, 9.17) is 22.9 Å². The molecule has 1 aliphatic heterocycles. The number of thiophene rings is 1. The van der Waals surface area contributed by atoms with Crippen molar-refractivity contribution in [1.29, 1.82) is 0 Å². The van der Waals surface area contributed by atoms with Gasteiger partial charge in [0, 0.05) is 36.0 Å². The fraction of sp³-hybridized carbons (Fsp3) is 0.235. The van der Waals surface area contributed by atoms with E-state index in [1.54, 1.807) is 41.8 Å². The first-order valence-electron chi connectivity index (χ1n) is 7.91. The number of rotatable bonds is 1. The summed E-state index contributed by atoms with van der Waals surface area (Å²) in [4.78, 5) is 6.12. The molecular formula is C17H24N6S2. The highest BCUT2D eigenvalue weighted by Gasteiger charge is 2.13. The highest BCUT2D eigenvalue weighted by molar-refractivity contribution is 7.19. The smallest absolute Gasteiger partial charge is 0.179 e. The Hall–Kier alpha value is -2.45. The highest BCUT2D eigenvalue weighted by Crippen LogP contribution is 2.29. The molecule has 0 spiro atoms. The van der Waals surface area contributed by atoms with Gasteiger partial charge < -0.3 is 27.8 Å². The number of anilines is 5. The second-order valence-electron chi connectivity index (χ2n) is 5.41. The molecule has 6 nitrogen and oxygen atoms in total. The van der Waals surface area contributed by atoms with Crippen molar-refractivity contribution in [2.24, 2.45) is 0 Å². The Bertz CT molecular complexity index is 697. The third kappa shape index (κ3) is 6.90. The van der Waals surface area contributed by atoms with Gasteiger partial charge in [0.05, 0.1) is 10.0 Å². The van der Waals surface area contributed by atoms with Crippen LogP contribution < -0.4 is 27.8 Å². The van der Waals surface area contributed by atoms with Crippen LogP contribution in [0.15, 0.2) is 48.0 Å². The van der Waals surface area contributed by atoms with Crippen molar-refractivity contribution in [3.63, 3.8) is 0 Å². The lowest BCUT2D eigenvalue weighted by Gasteiger charge is -2.13. The predicted molar refractivity (Wildman–Crippen MR) is 112 cm³/mol. The molecule has 1 aromatic carbocycles. The van der Waals surface area contributed by atoms with Gasteiger partial charge in [-0.3, -0.25) is 0 Å². The molecule has 3 heterocycles. The summed E-state index contributed by atoms with van der Waals surface area (Å²) in [6.07, 6.45) is 4.34. The van der Waals surface area contributed by atoms with E-state index in [2.05, 4.69) is 16.0 Å². The van der Waals surface area contributed by atoms with E-state index in [1.165, 1.54) is 42.3 Å². The van der Waals surface area contributed by atoms with E-state index in [9.17, 15) is 0 Å². The first-order valence-corrected chi connectivity index (χ1v) is 9.60. The molecule has 3 aromatic rings. The molecule has 0 aliphatic carbocycles. The zero-order valence-corrected chi connectivity index (χ0v) is 15.6. The molecule has 1 saturated heterocycles. The van der Waals surface area contributed by atoms with Crippen molar-refractivity contribution in [3.05, 3.63) is 48.0 Å². The Morgan fingerprint density at radius 3 is 1.80 bits per heavy atom. The van der Waals surface area contributed by atoms with E-state index in [1.807, 2.05) is 11.4 Å². The van der Waals surface area contributed by atoms with Crippen molar-refractivity contribution in [2.45, 2.75) is 12.8 Å². The molecule has 2 aromatic heterocycles. The number of aromatic nitrogens is 1. The van der Waals surface area contributed by atoms with Gasteiger partial charge in [-0.15, -0.1) is 22.7 Å². The minimum atomic E-state index is 0.634. The molecule has 0 radical (unpaired) electrons. The van der Waals surface area contributed by atoms with Gasteiger partial charge in [0.25, 0.3) is 0 Å². The minimum absolute atomic E-state index is 0.634. The van der Waals surface area contributed by atoms with Crippen LogP contribution in [0.25, 0.3) is 0 Å². The lowest BCUT2D eigenvalue weighted by Crippen LogP contribution is -2.15. The van der Waals surface area contributed by atoms with Crippen molar-refractivity contribution in [3.8, 4) is 0 Å². The molecule has 0 atom stereocenters. The van der Waals surface area contributed by atoms with E-state index in [0.717, 1.165) is 16.4 Å². The van der Waals surface area contributed by atoms with Gasteiger partial charge in [-0.05, 0) is 49.2 Å². The van der Waals surface area contributed by atoms with Gasteiger partial charge in [-0.2, -0.15) is 0 Å². The predicted octanol–water partition coefficient (Wildman–Crippen LogP) is 3.51. The number of benzene rings is 1. The second kappa shape index (κ2) is 9.75. The van der Waals surface area contributed by atoms with E-state index in [-0.39, 0.29) is 0 Å². The summed E-state index contributed by atoms with van der Waals surface area (Å²) in [5, 5.41) is 4.73. The molecule has 0 amide bonds. The summed E-state index contributed by atoms with van der Waals surface area (Å²) >= 11 is 3.13. The van der Waals surface area contributed by atoms with Gasteiger partial charge in [0.15, 0.2) is 5.13 Å². The third-order valence-electron chi connectivity index (χ3n) is 3.42. The Labute approximate surface area is 156 Å². The quantitative estimate of drug-likeness (QED) is 0.482. The number of nitrogen functional groups attached to an aromatic ring is 4. The number of hydrogen-bond donors (Lipinski definition) is 4. The molecule has 0 bridgehead atoms. The second-order valence-corrected chi connectivity index (χ2v) is 7.43. The Morgan fingerprint density at radius 1 is 0.840 bits per heavy atom. The Balaban J connectivity index is 0.000000142. The van der Waals surface area contributed by atoms with Crippen LogP contribution in [-0.4, -0.2) is 18.1 Å². The summed E-state index contributed by atoms with van der Waals surface area (Å²) in [5.41, 5.74) is 23.1. The molecule has 0 saturated carbocycles. The molecule has 1 fully saturated rings. The van der Waals surface area contributed by atoms with Crippen LogP contribution in [0.2, 0.25) is 0 Å². The maximum Gasteiger partial charge on any atom is 0.179 e. The zero-order valence-electron chi connectivity index (χ0n) is 14.0. The normalized spacial score (nSPS) is 12.7. The number of hydrogen-bond acceptors (Lipinski definition) is 8. The van der Waals surface area contributed by atoms with Gasteiger partial charge in [-0.25, -0.2) is 4.98 Å². The van der Waals surface area contributed by atoms with Crippen LogP contribution in [0, 0.1) is 0 Å². The molecule has 8 N–H and O–H groups in total. The van der Waals surface area contributed by atoms with Gasteiger partial charge in [-0.1, -0.05) is 0 Å². The SMILES string of the molecule is Nc1ccc(N)cc1.Nc1ccc(N2CCCC2)s1.Nc1nccs1. The fourth-order valence-corrected chi connectivity index (χ4v) is 3.39. The fourth-order valence-electron chi connectivity index (χ4n) is 2.18. The minimum Gasteiger partial charge on any atom is -0.399 e. The topological polar surface area (TPSA) is 120 Å². The third-order valence-corrected chi connectivity index (χ3v) is 5.00. The van der Waals surface area contributed by atoms with Crippen LogP contribution in [0.4, 0.5) is 26.5 Å². The number of nitrogens with two attached hydrogens (primary N) is 4. The monoisotopic (exact) mass is 376 g/mol. The van der Waals surface area contributed by atoms with E-state index in [0.29, 0.717) is 5.13 Å². The summed E-state index contributed by atoms with van der Waals surface area (Å²) in [7, 11) is 0. The Kier molecular flexibility index (Phi) is 7.36. The summed E-state index contributed by atoms with van der Waals surface area (Å²) in [5.74, 6) is 0. The van der Waals surface area contributed by atoms with Crippen molar-refractivity contribution >= 4 is 49.2 Å². The molecule has 0 unspecified atom stereocenters. The van der Waals surface area contributed by atoms with Crippen LogP contribution in [0.1, 0.15) is 12.8 Å². The average molecular weight is 377 g/mol. The zero-order chi connectivity index (χ0) is 18.1. The average Bonchev–Trinajstić information content (AvgIpc) is 3.34. The van der Waals surface area contributed by atoms with Crippen molar-refractivity contribution < 1.29 is 0 Å². The maximum absolute atomic E-state index is 5.64. The molecule has 8 heteroatoms. The Morgan fingerprint density at radius 2 is 1.44 bits per heavy atom. The lowest BCUT2D eigenvalue weighted by atomic mass is 10.3. The molecule has 25 heavy (non-hydrogen) atoms. The van der Waals surface area contributed by atoms with Crippen LogP contribution in [-0.2, 0) is 0 Å². The van der Waals surface area contributed by atoms with Crippen molar-refractivity contribution in [2.75, 3.05) is 40.9 Å². The van der Waals surface area contributed by atoms with Gasteiger partial charge in [0.2, 0.25) is 0 Å². The molecular weight excluding hydrogens is 352 g/mol. The largest absolute Gasteiger partial charge is 0.399 e. The molecule has 134 valence electrons. The van der Waals surface area contributed by atoms with Crippen LogP contribution in [0.3, 0.4) is 0 Å². The molecule has 1 aliphatic rings. The van der Waals surface area contributed by atoms with E-state index >= 15 is 0 Å². The van der Waals surface area contributed by atoms with E-state index < -0.39 is 0 Å². The number of thiazole rings is 1. The standard InChI is InChI=1S/C8H12N2S.C6H8N2.C3H4N2S/c9-7-3-4-8(11-7)10-5-1-2-6-10;7-5-1-2-6(8)4-3-5;4-3-5-1-2-6-3/h3-4H,1-2,5-6,9H2;1-4H,7-8H2;1-2H,(H2,4,5). The first-order chi connectivity index (χ1) is 12.0. The van der Waals surface area contributed by atoms with Crippen molar-refractivity contribution in [1.82, 2.24) is 4.98 Å². The molecule has 4 rings (SSSR count). The number of nitrogens with zero attached hydrogens (tertiary/aromatic N) is 2. The van der Waals surface area contributed by atoms with Crippen LogP contribution in [0.5, 0.6) is 0 Å². The first kappa shape index (κ1) is 18.9. The lowest BCUT2D eigenvalue weighted by molar-refractivity contribution is 0.949. The summed E-state index contributed by atoms with van der Waals surface area (Å²) in [6, 6.07) is 11.2. The summed E-state index contributed by atoms with van der Waals surface area (Å²) < 4.78 is 0. The highest BCUT2D eigenvalue weighted by atomic mass is 32.1. The maximum atomic E-state index is 5.64. The van der Waals surface area contributed by atoms with Gasteiger partial charge in [0.1, 0.15) is 0 Å². The summed E-state index contributed by atoms with van der Waals surface area (Å²) in [6.45, 7) is 2.42. The van der Waals surface area contributed by atoms with Gasteiger partial charge >= 0.3 is 0 Å². The van der Waals surface area contributed by atoms with Crippen LogP contribution >= 0.6 is 22.7 Å².